The SMILES string of the molecule is C[C@@H](OC(=O)CCc1ccccc1F)C(=O)N[C@@H]1CCS(=O)(=O)C1. The van der Waals surface area contributed by atoms with Crippen molar-refractivity contribution in [2.24, 2.45) is 0 Å². The Morgan fingerprint density at radius 3 is 2.71 bits per heavy atom. The molecule has 1 N–H and O–H groups in total. The summed E-state index contributed by atoms with van der Waals surface area (Å²) in [4.78, 5) is 23.7. The lowest BCUT2D eigenvalue weighted by atomic mass is 10.1. The number of sulfone groups is 1. The molecule has 1 aliphatic heterocycles. The van der Waals surface area contributed by atoms with Crippen molar-refractivity contribution in [2.75, 3.05) is 11.5 Å². The molecular weight excluding hydrogens is 337 g/mol. The molecule has 0 saturated carbocycles. The van der Waals surface area contributed by atoms with Crippen LogP contribution in [0, 0.1) is 5.82 Å². The molecule has 0 aliphatic carbocycles. The zero-order valence-electron chi connectivity index (χ0n) is 13.3. The molecular formula is C16H20FNO5S. The van der Waals surface area contributed by atoms with Crippen molar-refractivity contribution in [2.45, 2.75) is 38.3 Å². The van der Waals surface area contributed by atoms with E-state index in [2.05, 4.69) is 5.32 Å². The molecule has 24 heavy (non-hydrogen) atoms. The first-order valence-corrected chi connectivity index (χ1v) is 9.52. The van der Waals surface area contributed by atoms with Gasteiger partial charge in [-0.2, -0.15) is 0 Å². The molecule has 2 rings (SSSR count). The van der Waals surface area contributed by atoms with Crippen LogP contribution < -0.4 is 5.32 Å². The first-order valence-electron chi connectivity index (χ1n) is 7.70. The van der Waals surface area contributed by atoms with Crippen LogP contribution in [0.25, 0.3) is 0 Å². The largest absolute Gasteiger partial charge is 0.453 e. The lowest BCUT2D eigenvalue weighted by molar-refractivity contribution is -0.155. The Hall–Kier alpha value is -1.96. The van der Waals surface area contributed by atoms with Crippen molar-refractivity contribution in [3.8, 4) is 0 Å². The maximum absolute atomic E-state index is 13.5. The summed E-state index contributed by atoms with van der Waals surface area (Å²) in [6, 6.07) is 5.69. The van der Waals surface area contributed by atoms with Crippen LogP contribution in [0.15, 0.2) is 24.3 Å². The predicted octanol–water partition coefficient (Wildman–Crippen LogP) is 0.993. The molecule has 8 heteroatoms. The van der Waals surface area contributed by atoms with Gasteiger partial charge in [0.1, 0.15) is 5.82 Å². The maximum Gasteiger partial charge on any atom is 0.306 e. The molecule has 0 aromatic heterocycles. The van der Waals surface area contributed by atoms with E-state index in [4.69, 9.17) is 4.74 Å². The molecule has 1 aromatic carbocycles. The second-order valence-corrected chi connectivity index (χ2v) is 8.06. The van der Waals surface area contributed by atoms with Crippen molar-refractivity contribution in [3.63, 3.8) is 0 Å². The Morgan fingerprint density at radius 1 is 1.38 bits per heavy atom. The predicted molar refractivity (Wildman–Crippen MR) is 85.5 cm³/mol. The van der Waals surface area contributed by atoms with Gasteiger partial charge in [0.15, 0.2) is 15.9 Å². The summed E-state index contributed by atoms with van der Waals surface area (Å²) in [5, 5.41) is 2.57. The number of ether oxygens (including phenoxy) is 1. The first-order chi connectivity index (χ1) is 11.3. The Balaban J connectivity index is 1.76. The second kappa shape index (κ2) is 7.74. The van der Waals surface area contributed by atoms with Gasteiger partial charge in [-0.3, -0.25) is 9.59 Å². The lowest BCUT2D eigenvalue weighted by Gasteiger charge is -2.16. The molecule has 132 valence electrons. The number of amides is 1. The molecule has 1 saturated heterocycles. The zero-order chi connectivity index (χ0) is 17.7. The third-order valence-corrected chi connectivity index (χ3v) is 5.58. The van der Waals surface area contributed by atoms with Crippen molar-refractivity contribution in [1.29, 1.82) is 0 Å². The maximum atomic E-state index is 13.5. The highest BCUT2D eigenvalue weighted by Gasteiger charge is 2.30. The van der Waals surface area contributed by atoms with Gasteiger partial charge >= 0.3 is 5.97 Å². The number of benzene rings is 1. The van der Waals surface area contributed by atoms with Crippen LogP contribution in [-0.2, 0) is 30.6 Å². The first kappa shape index (κ1) is 18.4. The van der Waals surface area contributed by atoms with Crippen LogP contribution in [0.1, 0.15) is 25.3 Å². The normalized spacial score (nSPS) is 20.3. The van der Waals surface area contributed by atoms with Gasteiger partial charge in [-0.1, -0.05) is 18.2 Å². The monoisotopic (exact) mass is 357 g/mol. The Kier molecular flexibility index (Phi) is 5.93. The lowest BCUT2D eigenvalue weighted by Crippen LogP contribution is -2.42. The standard InChI is InChI=1S/C16H20FNO5S/c1-11(16(20)18-13-8-9-24(21,22)10-13)23-15(19)7-6-12-4-2-3-5-14(12)17/h2-5,11,13H,6-10H2,1H3,(H,18,20)/t11-,13-/m1/s1. The van der Waals surface area contributed by atoms with E-state index in [-0.39, 0.29) is 24.3 Å². The van der Waals surface area contributed by atoms with E-state index in [0.717, 1.165) is 0 Å². The van der Waals surface area contributed by atoms with E-state index in [0.29, 0.717) is 12.0 Å². The minimum absolute atomic E-state index is 0.0453. The molecule has 1 heterocycles. The summed E-state index contributed by atoms with van der Waals surface area (Å²) in [5.41, 5.74) is 0.405. The molecule has 0 bridgehead atoms. The number of rotatable bonds is 6. The number of aryl methyl sites for hydroxylation is 1. The van der Waals surface area contributed by atoms with Gasteiger partial charge in [0, 0.05) is 12.5 Å². The fourth-order valence-corrected chi connectivity index (χ4v) is 4.15. The van der Waals surface area contributed by atoms with Gasteiger partial charge in [-0.25, -0.2) is 12.8 Å². The molecule has 2 atom stereocenters. The summed E-state index contributed by atoms with van der Waals surface area (Å²) in [6.07, 6.45) is -0.527. The van der Waals surface area contributed by atoms with E-state index in [9.17, 15) is 22.4 Å². The van der Waals surface area contributed by atoms with Crippen molar-refractivity contribution in [1.82, 2.24) is 5.32 Å². The summed E-state index contributed by atoms with van der Waals surface area (Å²) in [5.74, 6) is -1.57. The van der Waals surface area contributed by atoms with E-state index >= 15 is 0 Å². The fourth-order valence-electron chi connectivity index (χ4n) is 2.47. The fraction of sp³-hybridized carbons (Fsp3) is 0.500. The minimum Gasteiger partial charge on any atom is -0.453 e. The van der Waals surface area contributed by atoms with Crippen LogP contribution in [0.3, 0.4) is 0 Å². The van der Waals surface area contributed by atoms with E-state index < -0.39 is 39.7 Å². The summed E-state index contributed by atoms with van der Waals surface area (Å²) < 4.78 is 41.2. The third kappa shape index (κ3) is 5.30. The molecule has 1 aliphatic rings. The highest BCUT2D eigenvalue weighted by atomic mass is 32.2. The molecule has 1 fully saturated rings. The van der Waals surface area contributed by atoms with Gasteiger partial charge in [0.25, 0.3) is 5.91 Å². The van der Waals surface area contributed by atoms with Crippen LogP contribution in [0.2, 0.25) is 0 Å². The Labute approximate surface area is 140 Å². The molecule has 0 unspecified atom stereocenters. The number of nitrogens with one attached hydrogen (secondary N) is 1. The summed E-state index contributed by atoms with van der Waals surface area (Å²) >= 11 is 0. The zero-order valence-corrected chi connectivity index (χ0v) is 14.1. The Bertz CT molecular complexity index is 719. The third-order valence-electron chi connectivity index (χ3n) is 3.81. The summed E-state index contributed by atoms with van der Waals surface area (Å²) in [6.45, 7) is 1.42. The quantitative estimate of drug-likeness (QED) is 0.767. The average molecular weight is 357 g/mol. The van der Waals surface area contributed by atoms with Gasteiger partial charge in [-0.15, -0.1) is 0 Å². The molecule has 6 nitrogen and oxygen atoms in total. The molecule has 0 radical (unpaired) electrons. The Morgan fingerprint density at radius 2 is 2.08 bits per heavy atom. The van der Waals surface area contributed by atoms with Crippen LogP contribution in [-0.4, -0.2) is 43.9 Å². The van der Waals surface area contributed by atoms with Gasteiger partial charge in [0.2, 0.25) is 0 Å². The number of esters is 1. The smallest absolute Gasteiger partial charge is 0.306 e. The van der Waals surface area contributed by atoms with E-state index in [1.165, 1.54) is 13.0 Å². The van der Waals surface area contributed by atoms with Gasteiger partial charge in [-0.05, 0) is 31.4 Å². The van der Waals surface area contributed by atoms with Crippen molar-refractivity contribution >= 4 is 21.7 Å². The second-order valence-electron chi connectivity index (χ2n) is 5.83. The average Bonchev–Trinajstić information content (AvgIpc) is 2.85. The topological polar surface area (TPSA) is 89.5 Å². The number of carbonyl (C=O) groups excluding carboxylic acids is 2. The molecule has 1 amide bonds. The van der Waals surface area contributed by atoms with Crippen molar-refractivity contribution < 1.29 is 27.1 Å². The number of halogens is 1. The van der Waals surface area contributed by atoms with Gasteiger partial charge in [0.05, 0.1) is 11.5 Å². The number of hydrogen-bond donors (Lipinski definition) is 1. The highest BCUT2D eigenvalue weighted by molar-refractivity contribution is 7.91. The van der Waals surface area contributed by atoms with Gasteiger partial charge < -0.3 is 10.1 Å². The molecule has 0 spiro atoms. The van der Waals surface area contributed by atoms with Crippen LogP contribution in [0.5, 0.6) is 0 Å². The van der Waals surface area contributed by atoms with Crippen LogP contribution >= 0.6 is 0 Å². The minimum atomic E-state index is -3.09. The van der Waals surface area contributed by atoms with Crippen molar-refractivity contribution in [3.05, 3.63) is 35.6 Å². The highest BCUT2D eigenvalue weighted by Crippen LogP contribution is 2.12. The number of hydrogen-bond acceptors (Lipinski definition) is 5. The van der Waals surface area contributed by atoms with E-state index in [1.54, 1.807) is 18.2 Å². The summed E-state index contributed by atoms with van der Waals surface area (Å²) in [7, 11) is -3.09. The van der Waals surface area contributed by atoms with E-state index in [1.807, 2.05) is 0 Å². The number of carbonyl (C=O) groups is 2. The van der Waals surface area contributed by atoms with Crippen LogP contribution in [0.4, 0.5) is 4.39 Å². The molecule has 1 aromatic rings.